The Labute approximate surface area is 79.8 Å². The van der Waals surface area contributed by atoms with E-state index in [9.17, 15) is 0 Å². The van der Waals surface area contributed by atoms with Crippen LogP contribution in [0.25, 0.3) is 0 Å². The van der Waals surface area contributed by atoms with E-state index in [0.717, 1.165) is 0 Å². The van der Waals surface area contributed by atoms with E-state index in [2.05, 4.69) is 0 Å². The summed E-state index contributed by atoms with van der Waals surface area (Å²) in [6.45, 7) is 5.42. The zero-order valence-electron chi connectivity index (χ0n) is 8.69. The number of rotatable bonds is 4. The Balaban J connectivity index is 0. The molecule has 0 aromatic rings. The molecule has 13 heavy (non-hydrogen) atoms. The van der Waals surface area contributed by atoms with Crippen LogP contribution in [0.2, 0.25) is 0 Å². The topological polar surface area (TPSA) is 80.9 Å². The smallest absolute Gasteiger partial charge is 0.0533 e. The Morgan fingerprint density at radius 2 is 1.46 bits per heavy atom. The van der Waals surface area contributed by atoms with Crippen LogP contribution in [0.4, 0.5) is 0 Å². The third-order valence-electron chi connectivity index (χ3n) is 1.40. The van der Waals surface area contributed by atoms with Crippen molar-refractivity contribution in [2.45, 2.75) is 33.3 Å². The van der Waals surface area contributed by atoms with Gasteiger partial charge >= 0.3 is 0 Å². The molecule has 0 bridgehead atoms. The summed E-state index contributed by atoms with van der Waals surface area (Å²) < 4.78 is 0. The van der Waals surface area contributed by atoms with Crippen molar-refractivity contribution in [1.82, 2.24) is 0 Å². The first-order valence-electron chi connectivity index (χ1n) is 4.40. The summed E-state index contributed by atoms with van der Waals surface area (Å²) in [6.07, 6.45) is 0.134. The van der Waals surface area contributed by atoms with Gasteiger partial charge in [-0.25, -0.2) is 0 Å². The van der Waals surface area contributed by atoms with Crippen molar-refractivity contribution in [3.8, 4) is 0 Å². The minimum atomic E-state index is -0.352. The van der Waals surface area contributed by atoms with Gasteiger partial charge in [0.25, 0.3) is 0 Å². The van der Waals surface area contributed by atoms with E-state index >= 15 is 0 Å². The van der Waals surface area contributed by atoms with E-state index in [1.54, 1.807) is 20.8 Å². The fraction of sp³-hybridized carbons (Fsp3) is 1.00. The van der Waals surface area contributed by atoms with Gasteiger partial charge in [-0.05, 0) is 13.3 Å². The van der Waals surface area contributed by atoms with Gasteiger partial charge in [0.05, 0.1) is 19.3 Å². The second-order valence-corrected chi connectivity index (χ2v) is 3.84. The Hall–Kier alpha value is -0.160. The highest BCUT2D eigenvalue weighted by molar-refractivity contribution is 4.62. The predicted octanol–water partition coefficient (Wildman–Crippen LogP) is -0.253. The molecule has 0 radical (unpaired) electrons. The SMILES string of the molecule is CC(C)(CO)CO.CC(O)CCO. The highest BCUT2D eigenvalue weighted by Crippen LogP contribution is 2.10. The molecule has 4 nitrogen and oxygen atoms in total. The second-order valence-electron chi connectivity index (χ2n) is 3.84. The maximum atomic E-state index is 8.43. The molecule has 0 aromatic carbocycles. The van der Waals surface area contributed by atoms with Gasteiger partial charge in [-0.3, -0.25) is 0 Å². The molecule has 4 heteroatoms. The lowest BCUT2D eigenvalue weighted by atomic mass is 9.97. The number of hydrogen-bond donors (Lipinski definition) is 4. The molecular weight excluding hydrogens is 172 g/mol. The molecule has 0 aromatic heterocycles. The molecule has 0 aliphatic carbocycles. The summed E-state index contributed by atoms with van der Waals surface area (Å²) >= 11 is 0. The van der Waals surface area contributed by atoms with Gasteiger partial charge in [0.1, 0.15) is 0 Å². The summed E-state index contributed by atoms with van der Waals surface area (Å²) in [5.74, 6) is 0. The molecular formula is C9H22O4. The van der Waals surface area contributed by atoms with Crippen LogP contribution < -0.4 is 0 Å². The summed E-state index contributed by atoms with van der Waals surface area (Å²) in [7, 11) is 0. The Bertz CT molecular complexity index is 95.8. The maximum absolute atomic E-state index is 8.43. The summed E-state index contributed by atoms with van der Waals surface area (Å²) in [6, 6.07) is 0. The Morgan fingerprint density at radius 3 is 1.46 bits per heavy atom. The normalized spacial score (nSPS) is 13.2. The second kappa shape index (κ2) is 8.44. The zero-order valence-corrected chi connectivity index (χ0v) is 8.69. The molecule has 0 saturated heterocycles. The van der Waals surface area contributed by atoms with Crippen molar-refractivity contribution in [3.05, 3.63) is 0 Å². The molecule has 1 atom stereocenters. The van der Waals surface area contributed by atoms with Crippen LogP contribution in [-0.2, 0) is 0 Å². The monoisotopic (exact) mass is 194 g/mol. The fourth-order valence-corrected chi connectivity index (χ4v) is 0.237. The van der Waals surface area contributed by atoms with Crippen molar-refractivity contribution in [2.75, 3.05) is 19.8 Å². The molecule has 0 aliphatic rings. The molecule has 0 fully saturated rings. The van der Waals surface area contributed by atoms with Gasteiger partial charge in [-0.1, -0.05) is 13.8 Å². The van der Waals surface area contributed by atoms with E-state index in [1.165, 1.54) is 0 Å². The third kappa shape index (κ3) is 14.7. The first kappa shape index (κ1) is 15.3. The van der Waals surface area contributed by atoms with Crippen molar-refractivity contribution in [3.63, 3.8) is 0 Å². The van der Waals surface area contributed by atoms with Crippen LogP contribution in [0.3, 0.4) is 0 Å². The third-order valence-corrected chi connectivity index (χ3v) is 1.40. The van der Waals surface area contributed by atoms with Gasteiger partial charge in [0.2, 0.25) is 0 Å². The fourth-order valence-electron chi connectivity index (χ4n) is 0.237. The van der Waals surface area contributed by atoms with Crippen LogP contribution >= 0.6 is 0 Å². The van der Waals surface area contributed by atoms with Gasteiger partial charge < -0.3 is 20.4 Å². The molecule has 1 unspecified atom stereocenters. The van der Waals surface area contributed by atoms with E-state index in [-0.39, 0.29) is 31.3 Å². The largest absolute Gasteiger partial charge is 0.396 e. The highest BCUT2D eigenvalue weighted by Gasteiger charge is 2.13. The van der Waals surface area contributed by atoms with E-state index in [4.69, 9.17) is 20.4 Å². The number of aliphatic hydroxyl groups is 4. The lowest BCUT2D eigenvalue weighted by Gasteiger charge is -2.16. The molecule has 0 heterocycles. The molecule has 0 amide bonds. The minimum Gasteiger partial charge on any atom is -0.396 e. The Kier molecular flexibility index (Phi) is 9.94. The van der Waals surface area contributed by atoms with Crippen molar-refractivity contribution in [1.29, 1.82) is 0 Å². The van der Waals surface area contributed by atoms with E-state index in [1.807, 2.05) is 0 Å². The molecule has 82 valence electrons. The molecule has 4 N–H and O–H groups in total. The summed E-state index contributed by atoms with van der Waals surface area (Å²) in [4.78, 5) is 0. The molecule has 0 rings (SSSR count). The molecule has 0 spiro atoms. The van der Waals surface area contributed by atoms with Gasteiger partial charge in [0.15, 0.2) is 0 Å². The Morgan fingerprint density at radius 1 is 1.08 bits per heavy atom. The van der Waals surface area contributed by atoms with Crippen molar-refractivity contribution in [2.24, 2.45) is 5.41 Å². The number of hydrogen-bond acceptors (Lipinski definition) is 4. The van der Waals surface area contributed by atoms with Gasteiger partial charge in [-0.2, -0.15) is 0 Å². The van der Waals surface area contributed by atoms with E-state index in [0.29, 0.717) is 6.42 Å². The van der Waals surface area contributed by atoms with Crippen LogP contribution in [0.5, 0.6) is 0 Å². The van der Waals surface area contributed by atoms with Crippen molar-refractivity contribution >= 4 is 0 Å². The predicted molar refractivity (Wildman–Crippen MR) is 51.3 cm³/mol. The number of aliphatic hydroxyl groups excluding tert-OH is 4. The van der Waals surface area contributed by atoms with Gasteiger partial charge in [-0.15, -0.1) is 0 Å². The summed E-state index contributed by atoms with van der Waals surface area (Å²) in [5.41, 5.74) is -0.306. The van der Waals surface area contributed by atoms with Crippen molar-refractivity contribution < 1.29 is 20.4 Å². The van der Waals surface area contributed by atoms with Crippen LogP contribution in [0, 0.1) is 5.41 Å². The van der Waals surface area contributed by atoms with Crippen LogP contribution in [0.15, 0.2) is 0 Å². The quantitative estimate of drug-likeness (QED) is 0.497. The average Bonchev–Trinajstić information content (AvgIpc) is 2.05. The minimum absolute atomic E-state index is 0.0451. The standard InChI is InChI=1S/C5H12O2.C4H10O2/c1-5(2,3-6)4-7;1-4(6)2-3-5/h6-7H,3-4H2,1-2H3;4-6H,2-3H2,1H3. The highest BCUT2D eigenvalue weighted by atomic mass is 16.3. The molecule has 0 saturated carbocycles. The van der Waals surface area contributed by atoms with E-state index < -0.39 is 0 Å². The first-order valence-corrected chi connectivity index (χ1v) is 4.40. The molecule has 0 aliphatic heterocycles. The lowest BCUT2D eigenvalue weighted by molar-refractivity contribution is 0.0857. The lowest BCUT2D eigenvalue weighted by Crippen LogP contribution is -2.20. The van der Waals surface area contributed by atoms with Crippen LogP contribution in [-0.4, -0.2) is 46.4 Å². The average molecular weight is 194 g/mol. The first-order chi connectivity index (χ1) is 5.89. The van der Waals surface area contributed by atoms with Gasteiger partial charge in [0, 0.05) is 12.0 Å². The van der Waals surface area contributed by atoms with Crippen LogP contribution in [0.1, 0.15) is 27.2 Å². The summed E-state index contributed by atoms with van der Waals surface area (Å²) in [5, 5.41) is 33.3. The zero-order chi connectivity index (χ0) is 10.9. The maximum Gasteiger partial charge on any atom is 0.0533 e.